The van der Waals surface area contributed by atoms with Crippen LogP contribution in [0.15, 0.2) is 22.7 Å². The van der Waals surface area contributed by atoms with Crippen molar-refractivity contribution in [3.05, 3.63) is 22.7 Å². The van der Waals surface area contributed by atoms with Crippen molar-refractivity contribution in [3.63, 3.8) is 0 Å². The summed E-state index contributed by atoms with van der Waals surface area (Å²) in [6, 6.07) is 6.43. The minimum Gasteiger partial charge on any atom is -0.399 e. The molecule has 1 aromatic carbocycles. The van der Waals surface area contributed by atoms with Crippen LogP contribution in [0.2, 0.25) is 0 Å². The van der Waals surface area contributed by atoms with Gasteiger partial charge in [0.25, 0.3) is 0 Å². The number of hydrogen-bond acceptors (Lipinski definition) is 2. The Morgan fingerprint density at radius 3 is 2.87 bits per heavy atom. The van der Waals surface area contributed by atoms with E-state index in [1.165, 1.54) is 19.3 Å². The van der Waals surface area contributed by atoms with Gasteiger partial charge in [-0.2, -0.15) is 0 Å². The maximum Gasteiger partial charge on any atom is 0.0488 e. The third-order valence-electron chi connectivity index (χ3n) is 2.78. The van der Waals surface area contributed by atoms with Gasteiger partial charge in [0, 0.05) is 21.9 Å². The van der Waals surface area contributed by atoms with Gasteiger partial charge >= 0.3 is 0 Å². The molecule has 3 heteroatoms. The minimum atomic E-state index is 0.539. The fourth-order valence-electron chi connectivity index (χ4n) is 1.83. The molecule has 0 amide bonds. The maximum absolute atomic E-state index is 5.69. The Bertz CT molecular complexity index is 347. The third-order valence-corrected chi connectivity index (χ3v) is 3.43. The minimum absolute atomic E-state index is 0.539. The van der Waals surface area contributed by atoms with Gasteiger partial charge in [-0.15, -0.1) is 0 Å². The SMILES string of the molecule is CC(CC1CC1)Nc1ccc(N)cc1Br. The summed E-state index contributed by atoms with van der Waals surface area (Å²) in [4.78, 5) is 0. The number of rotatable bonds is 4. The van der Waals surface area contributed by atoms with Gasteiger partial charge in [0.05, 0.1) is 0 Å². The second-order valence-corrected chi connectivity index (χ2v) is 5.32. The summed E-state index contributed by atoms with van der Waals surface area (Å²) < 4.78 is 1.05. The molecule has 0 spiro atoms. The second kappa shape index (κ2) is 4.44. The summed E-state index contributed by atoms with van der Waals surface area (Å²) in [5.74, 6) is 0.958. The summed E-state index contributed by atoms with van der Waals surface area (Å²) >= 11 is 3.51. The van der Waals surface area contributed by atoms with E-state index in [0.717, 1.165) is 21.8 Å². The molecule has 0 heterocycles. The molecule has 0 bridgehead atoms. The zero-order valence-corrected chi connectivity index (χ0v) is 10.5. The van der Waals surface area contributed by atoms with E-state index in [9.17, 15) is 0 Å². The van der Waals surface area contributed by atoms with Gasteiger partial charge in [-0.3, -0.25) is 0 Å². The fourth-order valence-corrected chi connectivity index (χ4v) is 2.34. The molecule has 0 radical (unpaired) electrons. The van der Waals surface area contributed by atoms with Crippen LogP contribution < -0.4 is 11.1 Å². The highest BCUT2D eigenvalue weighted by molar-refractivity contribution is 9.10. The van der Waals surface area contributed by atoms with Crippen LogP contribution in [0.4, 0.5) is 11.4 Å². The first-order valence-electron chi connectivity index (χ1n) is 5.46. The molecule has 0 aromatic heterocycles. The van der Waals surface area contributed by atoms with Gasteiger partial charge in [0.1, 0.15) is 0 Å². The predicted molar refractivity (Wildman–Crippen MR) is 69.0 cm³/mol. The molecule has 82 valence electrons. The Labute approximate surface area is 99.4 Å². The highest BCUT2D eigenvalue weighted by Crippen LogP contribution is 2.34. The summed E-state index contributed by atoms with van der Waals surface area (Å²) in [6.07, 6.45) is 4.10. The molecule has 0 saturated heterocycles. The van der Waals surface area contributed by atoms with E-state index in [-0.39, 0.29) is 0 Å². The van der Waals surface area contributed by atoms with E-state index < -0.39 is 0 Å². The van der Waals surface area contributed by atoms with Crippen LogP contribution in [0.25, 0.3) is 0 Å². The van der Waals surface area contributed by atoms with Gasteiger partial charge in [0.15, 0.2) is 0 Å². The van der Waals surface area contributed by atoms with E-state index in [4.69, 9.17) is 5.73 Å². The van der Waals surface area contributed by atoms with Crippen LogP contribution in [0.5, 0.6) is 0 Å². The Morgan fingerprint density at radius 2 is 2.27 bits per heavy atom. The van der Waals surface area contributed by atoms with Gasteiger partial charge in [0.2, 0.25) is 0 Å². The number of halogens is 1. The first-order valence-corrected chi connectivity index (χ1v) is 6.26. The molecule has 1 aliphatic rings. The molecule has 1 fully saturated rings. The molecular weight excluding hydrogens is 252 g/mol. The van der Waals surface area contributed by atoms with Crippen molar-refractivity contribution < 1.29 is 0 Å². The number of anilines is 2. The van der Waals surface area contributed by atoms with Gasteiger partial charge in [-0.25, -0.2) is 0 Å². The zero-order chi connectivity index (χ0) is 10.8. The van der Waals surface area contributed by atoms with Crippen molar-refractivity contribution >= 4 is 27.3 Å². The van der Waals surface area contributed by atoms with Crippen molar-refractivity contribution in [1.29, 1.82) is 0 Å². The average Bonchev–Trinajstić information content (AvgIpc) is 2.94. The highest BCUT2D eigenvalue weighted by Gasteiger charge is 2.23. The number of hydrogen-bond donors (Lipinski definition) is 2. The van der Waals surface area contributed by atoms with E-state index in [2.05, 4.69) is 28.2 Å². The molecule has 1 aliphatic carbocycles. The molecule has 1 atom stereocenters. The van der Waals surface area contributed by atoms with Crippen molar-refractivity contribution in [2.24, 2.45) is 5.92 Å². The van der Waals surface area contributed by atoms with Crippen LogP contribution >= 0.6 is 15.9 Å². The molecule has 3 N–H and O–H groups in total. The summed E-state index contributed by atoms with van der Waals surface area (Å²) in [5.41, 5.74) is 7.62. The molecule has 1 saturated carbocycles. The summed E-state index contributed by atoms with van der Waals surface area (Å²) in [5, 5.41) is 3.51. The standard InChI is InChI=1S/C12H17BrN2/c1-8(6-9-2-3-9)15-12-5-4-10(14)7-11(12)13/h4-5,7-9,15H,2-3,6,14H2,1H3. The first-order chi connectivity index (χ1) is 7.15. The Morgan fingerprint density at radius 1 is 1.53 bits per heavy atom. The van der Waals surface area contributed by atoms with Gasteiger partial charge < -0.3 is 11.1 Å². The summed E-state index contributed by atoms with van der Waals surface area (Å²) in [6.45, 7) is 2.24. The topological polar surface area (TPSA) is 38.0 Å². The fraction of sp³-hybridized carbons (Fsp3) is 0.500. The lowest BCUT2D eigenvalue weighted by molar-refractivity contribution is 0.642. The molecule has 0 aliphatic heterocycles. The average molecular weight is 269 g/mol. The molecule has 1 aromatic rings. The van der Waals surface area contributed by atoms with Gasteiger partial charge in [-0.05, 0) is 53.4 Å². The Hall–Kier alpha value is -0.700. The lowest BCUT2D eigenvalue weighted by Crippen LogP contribution is -2.16. The Balaban J connectivity index is 1.96. The normalized spacial score (nSPS) is 17.5. The van der Waals surface area contributed by atoms with Crippen LogP contribution in [-0.2, 0) is 0 Å². The monoisotopic (exact) mass is 268 g/mol. The predicted octanol–water partition coefficient (Wildman–Crippen LogP) is 3.63. The van der Waals surface area contributed by atoms with Crippen LogP contribution in [0.1, 0.15) is 26.2 Å². The van der Waals surface area contributed by atoms with Crippen molar-refractivity contribution in [1.82, 2.24) is 0 Å². The Kier molecular flexibility index (Phi) is 3.19. The lowest BCUT2D eigenvalue weighted by atomic mass is 10.1. The zero-order valence-electron chi connectivity index (χ0n) is 8.96. The van der Waals surface area contributed by atoms with Crippen LogP contribution in [0, 0.1) is 5.92 Å². The van der Waals surface area contributed by atoms with E-state index in [0.29, 0.717) is 6.04 Å². The van der Waals surface area contributed by atoms with Gasteiger partial charge in [-0.1, -0.05) is 12.8 Å². The maximum atomic E-state index is 5.69. The second-order valence-electron chi connectivity index (χ2n) is 4.46. The van der Waals surface area contributed by atoms with E-state index in [1.54, 1.807) is 0 Å². The smallest absolute Gasteiger partial charge is 0.0488 e. The van der Waals surface area contributed by atoms with Crippen molar-refractivity contribution in [2.45, 2.75) is 32.2 Å². The third kappa shape index (κ3) is 3.13. The quantitative estimate of drug-likeness (QED) is 0.819. The first kappa shape index (κ1) is 10.8. The van der Waals surface area contributed by atoms with Crippen LogP contribution in [0.3, 0.4) is 0 Å². The largest absolute Gasteiger partial charge is 0.399 e. The van der Waals surface area contributed by atoms with Crippen LogP contribution in [-0.4, -0.2) is 6.04 Å². The number of nitrogen functional groups attached to an aromatic ring is 1. The lowest BCUT2D eigenvalue weighted by Gasteiger charge is -2.16. The number of nitrogens with one attached hydrogen (secondary N) is 1. The molecule has 15 heavy (non-hydrogen) atoms. The van der Waals surface area contributed by atoms with E-state index in [1.807, 2.05) is 18.2 Å². The van der Waals surface area contributed by atoms with Crippen molar-refractivity contribution in [3.8, 4) is 0 Å². The van der Waals surface area contributed by atoms with E-state index >= 15 is 0 Å². The number of nitrogens with two attached hydrogens (primary N) is 1. The van der Waals surface area contributed by atoms with Crippen molar-refractivity contribution in [2.75, 3.05) is 11.1 Å². The summed E-state index contributed by atoms with van der Waals surface area (Å²) in [7, 11) is 0. The molecular formula is C12H17BrN2. The highest BCUT2D eigenvalue weighted by atomic mass is 79.9. The molecule has 1 unspecified atom stereocenters. The molecule has 2 rings (SSSR count). The molecule has 2 nitrogen and oxygen atoms in total. The number of benzene rings is 1.